The summed E-state index contributed by atoms with van der Waals surface area (Å²) in [6.45, 7) is 5.52. The van der Waals surface area contributed by atoms with Crippen molar-refractivity contribution in [3.8, 4) is 0 Å². The highest BCUT2D eigenvalue weighted by atomic mass is 15.3. The highest BCUT2D eigenvalue weighted by Gasteiger charge is 2.35. The zero-order valence-electron chi connectivity index (χ0n) is 10.2. The number of rotatable bonds is 2. The maximum atomic E-state index is 5.92. The van der Waals surface area contributed by atoms with Crippen LogP contribution >= 0.6 is 0 Å². The molecule has 0 radical (unpaired) electrons. The molecule has 1 saturated carbocycles. The lowest BCUT2D eigenvalue weighted by atomic mass is 10.0. The molecule has 0 aromatic carbocycles. The fourth-order valence-electron chi connectivity index (χ4n) is 3.49. The molecular weight excluding hydrogens is 186 g/mol. The van der Waals surface area contributed by atoms with Crippen LogP contribution in [0.15, 0.2) is 0 Å². The first kappa shape index (κ1) is 11.4. The van der Waals surface area contributed by atoms with Crippen LogP contribution in [0.25, 0.3) is 0 Å². The van der Waals surface area contributed by atoms with E-state index in [-0.39, 0.29) is 0 Å². The summed E-state index contributed by atoms with van der Waals surface area (Å²) in [6.07, 6.45) is 5.62. The Hall–Kier alpha value is -0.120. The Balaban J connectivity index is 2.04. The third-order valence-electron chi connectivity index (χ3n) is 4.05. The third-order valence-corrected chi connectivity index (χ3v) is 4.05. The molecule has 1 saturated heterocycles. The van der Waals surface area contributed by atoms with Gasteiger partial charge in [-0.25, -0.2) is 0 Å². The standard InChI is InChI=1S/C12H25N3/c1-10-8-14(2)9-12(7-13)15(10)11-5-3-4-6-11/h10-12H,3-9,13H2,1-2H3. The van der Waals surface area contributed by atoms with Gasteiger partial charge in [0.2, 0.25) is 0 Å². The molecule has 2 N–H and O–H groups in total. The molecule has 2 fully saturated rings. The van der Waals surface area contributed by atoms with Gasteiger partial charge in [0.05, 0.1) is 0 Å². The minimum absolute atomic E-state index is 0.585. The zero-order chi connectivity index (χ0) is 10.8. The Bertz CT molecular complexity index is 201. The highest BCUT2D eigenvalue weighted by molar-refractivity contribution is 4.92. The SMILES string of the molecule is CC1CN(C)CC(CN)N1C1CCCC1. The summed E-state index contributed by atoms with van der Waals surface area (Å²) in [4.78, 5) is 5.14. The largest absolute Gasteiger partial charge is 0.329 e. The molecule has 3 nitrogen and oxygen atoms in total. The first-order chi connectivity index (χ1) is 7.22. The Kier molecular flexibility index (Phi) is 3.65. The molecule has 0 aromatic heterocycles. The second-order valence-corrected chi connectivity index (χ2v) is 5.35. The smallest absolute Gasteiger partial charge is 0.0351 e. The fourth-order valence-corrected chi connectivity index (χ4v) is 3.49. The summed E-state index contributed by atoms with van der Waals surface area (Å²) in [6, 6.07) is 2.09. The van der Waals surface area contributed by atoms with Gasteiger partial charge in [-0.15, -0.1) is 0 Å². The van der Waals surface area contributed by atoms with Gasteiger partial charge in [-0.1, -0.05) is 12.8 Å². The van der Waals surface area contributed by atoms with Crippen LogP contribution in [-0.2, 0) is 0 Å². The molecule has 15 heavy (non-hydrogen) atoms. The lowest BCUT2D eigenvalue weighted by Crippen LogP contribution is -2.61. The molecule has 0 amide bonds. The third kappa shape index (κ3) is 2.35. The first-order valence-electron chi connectivity index (χ1n) is 6.38. The van der Waals surface area contributed by atoms with Gasteiger partial charge in [-0.05, 0) is 26.8 Å². The van der Waals surface area contributed by atoms with Crippen LogP contribution in [0.4, 0.5) is 0 Å². The molecule has 1 aliphatic carbocycles. The van der Waals surface area contributed by atoms with Crippen LogP contribution in [0.1, 0.15) is 32.6 Å². The molecule has 1 aliphatic heterocycles. The van der Waals surface area contributed by atoms with E-state index in [4.69, 9.17) is 5.73 Å². The van der Waals surface area contributed by atoms with Gasteiger partial charge in [0.15, 0.2) is 0 Å². The van der Waals surface area contributed by atoms with E-state index in [9.17, 15) is 0 Å². The second kappa shape index (κ2) is 4.81. The van der Waals surface area contributed by atoms with Crippen molar-refractivity contribution in [2.24, 2.45) is 5.73 Å². The average molecular weight is 211 g/mol. The molecule has 0 spiro atoms. The van der Waals surface area contributed by atoms with Crippen molar-refractivity contribution in [2.75, 3.05) is 26.7 Å². The molecule has 88 valence electrons. The van der Waals surface area contributed by atoms with Crippen molar-refractivity contribution < 1.29 is 0 Å². The van der Waals surface area contributed by atoms with Gasteiger partial charge in [0, 0.05) is 37.8 Å². The summed E-state index contributed by atoms with van der Waals surface area (Å²) >= 11 is 0. The van der Waals surface area contributed by atoms with Crippen molar-refractivity contribution in [3.05, 3.63) is 0 Å². The van der Waals surface area contributed by atoms with Gasteiger partial charge in [-0.3, -0.25) is 4.90 Å². The molecule has 2 aliphatic rings. The number of hydrogen-bond donors (Lipinski definition) is 1. The lowest BCUT2D eigenvalue weighted by Gasteiger charge is -2.47. The Morgan fingerprint density at radius 3 is 2.47 bits per heavy atom. The number of hydrogen-bond acceptors (Lipinski definition) is 3. The fraction of sp³-hybridized carbons (Fsp3) is 1.00. The molecule has 3 heteroatoms. The van der Waals surface area contributed by atoms with Crippen molar-refractivity contribution in [2.45, 2.75) is 50.7 Å². The molecule has 2 unspecified atom stereocenters. The summed E-state index contributed by atoms with van der Waals surface area (Å²) in [5, 5.41) is 0. The van der Waals surface area contributed by atoms with Crippen LogP contribution in [0, 0.1) is 0 Å². The monoisotopic (exact) mass is 211 g/mol. The normalized spacial score (nSPS) is 36.2. The maximum absolute atomic E-state index is 5.92. The Labute approximate surface area is 93.6 Å². The molecule has 0 aromatic rings. The van der Waals surface area contributed by atoms with Crippen LogP contribution in [0.5, 0.6) is 0 Å². The van der Waals surface area contributed by atoms with Crippen molar-refractivity contribution >= 4 is 0 Å². The topological polar surface area (TPSA) is 32.5 Å². The number of likely N-dealkylation sites (N-methyl/N-ethyl adjacent to an activating group) is 1. The van der Waals surface area contributed by atoms with Crippen LogP contribution in [0.2, 0.25) is 0 Å². The second-order valence-electron chi connectivity index (χ2n) is 5.35. The first-order valence-corrected chi connectivity index (χ1v) is 6.38. The molecule has 2 atom stereocenters. The van der Waals surface area contributed by atoms with E-state index < -0.39 is 0 Å². The number of piperazine rings is 1. The summed E-state index contributed by atoms with van der Waals surface area (Å²) < 4.78 is 0. The predicted molar refractivity (Wildman–Crippen MR) is 63.9 cm³/mol. The lowest BCUT2D eigenvalue weighted by molar-refractivity contribution is 0.0143. The van der Waals surface area contributed by atoms with E-state index in [2.05, 4.69) is 23.8 Å². The minimum atomic E-state index is 0.585. The van der Waals surface area contributed by atoms with Gasteiger partial charge in [0.1, 0.15) is 0 Å². The summed E-state index contributed by atoms with van der Waals surface area (Å²) in [7, 11) is 2.21. The number of nitrogens with two attached hydrogens (primary N) is 1. The average Bonchev–Trinajstić information content (AvgIpc) is 2.69. The van der Waals surface area contributed by atoms with Gasteiger partial charge in [-0.2, -0.15) is 0 Å². The summed E-state index contributed by atoms with van der Waals surface area (Å²) in [5.74, 6) is 0. The molecule has 0 bridgehead atoms. The molecule has 1 heterocycles. The van der Waals surface area contributed by atoms with Crippen molar-refractivity contribution in [3.63, 3.8) is 0 Å². The highest BCUT2D eigenvalue weighted by Crippen LogP contribution is 2.28. The van der Waals surface area contributed by atoms with E-state index in [1.54, 1.807) is 0 Å². The van der Waals surface area contributed by atoms with E-state index in [0.717, 1.165) is 19.1 Å². The zero-order valence-corrected chi connectivity index (χ0v) is 10.2. The quantitative estimate of drug-likeness (QED) is 0.736. The van der Waals surface area contributed by atoms with Crippen molar-refractivity contribution in [1.82, 2.24) is 9.80 Å². The maximum Gasteiger partial charge on any atom is 0.0351 e. The van der Waals surface area contributed by atoms with Crippen molar-refractivity contribution in [1.29, 1.82) is 0 Å². The van der Waals surface area contributed by atoms with Gasteiger partial charge < -0.3 is 10.6 Å². The Morgan fingerprint density at radius 2 is 1.87 bits per heavy atom. The van der Waals surface area contributed by atoms with Crippen LogP contribution < -0.4 is 5.73 Å². The van der Waals surface area contributed by atoms with Crippen LogP contribution in [0.3, 0.4) is 0 Å². The van der Waals surface area contributed by atoms with E-state index in [1.807, 2.05) is 0 Å². The van der Waals surface area contributed by atoms with Gasteiger partial charge in [0.25, 0.3) is 0 Å². The molecule has 2 rings (SSSR count). The van der Waals surface area contributed by atoms with Gasteiger partial charge >= 0.3 is 0 Å². The van der Waals surface area contributed by atoms with E-state index >= 15 is 0 Å². The molecular formula is C12H25N3. The minimum Gasteiger partial charge on any atom is -0.329 e. The van der Waals surface area contributed by atoms with Crippen LogP contribution in [-0.4, -0.2) is 54.6 Å². The number of nitrogens with zero attached hydrogens (tertiary/aromatic N) is 2. The predicted octanol–water partition coefficient (Wildman–Crippen LogP) is 0.892. The van der Waals surface area contributed by atoms with E-state index in [1.165, 1.54) is 32.2 Å². The summed E-state index contributed by atoms with van der Waals surface area (Å²) in [5.41, 5.74) is 5.92. The Morgan fingerprint density at radius 1 is 1.20 bits per heavy atom. The van der Waals surface area contributed by atoms with E-state index in [0.29, 0.717) is 12.1 Å².